The van der Waals surface area contributed by atoms with Crippen LogP contribution in [0, 0.1) is 0 Å². The van der Waals surface area contributed by atoms with E-state index in [0.29, 0.717) is 0 Å². The summed E-state index contributed by atoms with van der Waals surface area (Å²) < 4.78 is 5.13. The van der Waals surface area contributed by atoms with Gasteiger partial charge in [0.15, 0.2) is 5.76 Å². The van der Waals surface area contributed by atoms with Gasteiger partial charge >= 0.3 is 0 Å². The lowest BCUT2D eigenvalue weighted by atomic mass is 10.1. The first kappa shape index (κ1) is 7.86. The van der Waals surface area contributed by atoms with Crippen LogP contribution in [0.15, 0.2) is 41.1 Å². The molecule has 0 radical (unpaired) electrons. The van der Waals surface area contributed by atoms with E-state index >= 15 is 0 Å². The molecule has 0 atom stereocenters. The molecular formula is C10H10N2O. The molecule has 0 aliphatic heterocycles. The minimum Gasteiger partial charge on any atom is -0.384 e. The summed E-state index contributed by atoms with van der Waals surface area (Å²) in [6, 6.07) is 9.89. The third-order valence-electron chi connectivity index (χ3n) is 1.88. The topological polar surface area (TPSA) is 38.1 Å². The smallest absolute Gasteiger partial charge is 0.189 e. The van der Waals surface area contributed by atoms with Gasteiger partial charge in [-0.25, -0.2) is 0 Å². The van der Waals surface area contributed by atoms with E-state index < -0.39 is 0 Å². The second-order valence-corrected chi connectivity index (χ2v) is 2.68. The second kappa shape index (κ2) is 3.31. The summed E-state index contributed by atoms with van der Waals surface area (Å²) in [6.45, 7) is 0. The summed E-state index contributed by atoms with van der Waals surface area (Å²) >= 11 is 0. The second-order valence-electron chi connectivity index (χ2n) is 2.68. The standard InChI is InChI=1S/C10H10N2O/c1-11-9-7-12-13-10(9)8-5-3-2-4-6-8/h2-7,11H,1H3. The Bertz CT molecular complexity index is 381. The lowest BCUT2D eigenvalue weighted by molar-refractivity contribution is 0.432. The Kier molecular flexibility index (Phi) is 2.00. The van der Waals surface area contributed by atoms with Crippen molar-refractivity contribution in [2.75, 3.05) is 12.4 Å². The van der Waals surface area contributed by atoms with Crippen molar-refractivity contribution < 1.29 is 4.52 Å². The van der Waals surface area contributed by atoms with Gasteiger partial charge < -0.3 is 9.84 Å². The molecule has 3 heteroatoms. The van der Waals surface area contributed by atoms with Crippen molar-refractivity contribution in [1.82, 2.24) is 5.16 Å². The Hall–Kier alpha value is -1.77. The molecule has 0 aliphatic carbocycles. The maximum Gasteiger partial charge on any atom is 0.189 e. The number of rotatable bonds is 2. The van der Waals surface area contributed by atoms with Crippen molar-refractivity contribution in [3.05, 3.63) is 36.5 Å². The zero-order valence-electron chi connectivity index (χ0n) is 7.32. The largest absolute Gasteiger partial charge is 0.384 e. The number of nitrogens with zero attached hydrogens (tertiary/aromatic N) is 1. The number of anilines is 1. The number of nitrogens with one attached hydrogen (secondary N) is 1. The van der Waals surface area contributed by atoms with Crippen molar-refractivity contribution in [3.8, 4) is 11.3 Å². The Morgan fingerprint density at radius 1 is 1.23 bits per heavy atom. The maximum absolute atomic E-state index is 5.13. The summed E-state index contributed by atoms with van der Waals surface area (Å²) in [5, 5.41) is 6.75. The highest BCUT2D eigenvalue weighted by molar-refractivity contribution is 5.71. The number of benzene rings is 1. The van der Waals surface area contributed by atoms with Crippen molar-refractivity contribution in [2.45, 2.75) is 0 Å². The average molecular weight is 174 g/mol. The zero-order chi connectivity index (χ0) is 9.10. The molecule has 0 saturated heterocycles. The van der Waals surface area contributed by atoms with Gasteiger partial charge in [0.2, 0.25) is 0 Å². The van der Waals surface area contributed by atoms with Crippen LogP contribution >= 0.6 is 0 Å². The molecule has 1 aromatic carbocycles. The average Bonchev–Trinajstić information content (AvgIpc) is 2.67. The van der Waals surface area contributed by atoms with Crippen LogP contribution in [0.2, 0.25) is 0 Å². The highest BCUT2D eigenvalue weighted by atomic mass is 16.5. The van der Waals surface area contributed by atoms with Crippen molar-refractivity contribution >= 4 is 5.69 Å². The third-order valence-corrected chi connectivity index (χ3v) is 1.88. The summed E-state index contributed by atoms with van der Waals surface area (Å²) in [5.41, 5.74) is 1.94. The highest BCUT2D eigenvalue weighted by Gasteiger charge is 2.07. The zero-order valence-corrected chi connectivity index (χ0v) is 7.32. The molecule has 0 bridgehead atoms. The summed E-state index contributed by atoms with van der Waals surface area (Å²) in [5.74, 6) is 0.781. The van der Waals surface area contributed by atoms with Gasteiger partial charge in [0, 0.05) is 12.6 Å². The first-order valence-corrected chi connectivity index (χ1v) is 4.09. The van der Waals surface area contributed by atoms with Crippen molar-refractivity contribution in [1.29, 1.82) is 0 Å². The minimum atomic E-state index is 0.781. The van der Waals surface area contributed by atoms with E-state index in [0.717, 1.165) is 17.0 Å². The molecule has 1 heterocycles. The number of aromatic nitrogens is 1. The molecule has 1 aromatic heterocycles. The fourth-order valence-electron chi connectivity index (χ4n) is 1.22. The van der Waals surface area contributed by atoms with E-state index in [1.807, 2.05) is 37.4 Å². The van der Waals surface area contributed by atoms with Gasteiger partial charge in [-0.1, -0.05) is 35.5 Å². The van der Waals surface area contributed by atoms with E-state index in [4.69, 9.17) is 4.52 Å². The first-order chi connectivity index (χ1) is 6.42. The first-order valence-electron chi connectivity index (χ1n) is 4.09. The molecule has 3 nitrogen and oxygen atoms in total. The van der Waals surface area contributed by atoms with E-state index in [1.165, 1.54) is 0 Å². The van der Waals surface area contributed by atoms with Crippen LogP contribution < -0.4 is 5.32 Å². The van der Waals surface area contributed by atoms with E-state index in [-0.39, 0.29) is 0 Å². The molecule has 2 rings (SSSR count). The molecule has 0 unspecified atom stereocenters. The minimum absolute atomic E-state index is 0.781. The monoisotopic (exact) mass is 174 g/mol. The predicted octanol–water partition coefficient (Wildman–Crippen LogP) is 2.38. The van der Waals surface area contributed by atoms with E-state index in [1.54, 1.807) is 6.20 Å². The SMILES string of the molecule is CNc1cnoc1-c1ccccc1. The Labute approximate surface area is 76.4 Å². The van der Waals surface area contributed by atoms with Crippen molar-refractivity contribution in [2.24, 2.45) is 0 Å². The van der Waals surface area contributed by atoms with Crippen molar-refractivity contribution in [3.63, 3.8) is 0 Å². The van der Waals surface area contributed by atoms with Gasteiger partial charge in [0.05, 0.1) is 6.20 Å². The Morgan fingerprint density at radius 3 is 2.69 bits per heavy atom. The number of hydrogen-bond acceptors (Lipinski definition) is 3. The van der Waals surface area contributed by atoms with Crippen LogP contribution in [0.5, 0.6) is 0 Å². The van der Waals surface area contributed by atoms with Crippen LogP contribution in [0.1, 0.15) is 0 Å². The van der Waals surface area contributed by atoms with E-state index in [2.05, 4.69) is 10.5 Å². The fourth-order valence-corrected chi connectivity index (χ4v) is 1.22. The number of hydrogen-bond donors (Lipinski definition) is 1. The Morgan fingerprint density at radius 2 is 2.00 bits per heavy atom. The highest BCUT2D eigenvalue weighted by Crippen LogP contribution is 2.26. The molecule has 0 spiro atoms. The third kappa shape index (κ3) is 1.40. The lowest BCUT2D eigenvalue weighted by Crippen LogP contribution is -1.87. The van der Waals surface area contributed by atoms with Gasteiger partial charge in [-0.2, -0.15) is 0 Å². The molecule has 66 valence electrons. The summed E-state index contributed by atoms with van der Waals surface area (Å²) in [6.07, 6.45) is 1.67. The predicted molar refractivity (Wildman–Crippen MR) is 51.5 cm³/mol. The molecule has 0 fully saturated rings. The molecule has 0 amide bonds. The van der Waals surface area contributed by atoms with Crippen LogP contribution in [-0.2, 0) is 0 Å². The van der Waals surface area contributed by atoms with Crippen LogP contribution in [0.25, 0.3) is 11.3 Å². The van der Waals surface area contributed by atoms with Crippen LogP contribution in [0.3, 0.4) is 0 Å². The summed E-state index contributed by atoms with van der Waals surface area (Å²) in [4.78, 5) is 0. The summed E-state index contributed by atoms with van der Waals surface area (Å²) in [7, 11) is 1.85. The van der Waals surface area contributed by atoms with Crippen LogP contribution in [0.4, 0.5) is 5.69 Å². The molecule has 0 saturated carbocycles. The maximum atomic E-state index is 5.13. The molecular weight excluding hydrogens is 164 g/mol. The lowest BCUT2D eigenvalue weighted by Gasteiger charge is -1.98. The van der Waals surface area contributed by atoms with Crippen LogP contribution in [-0.4, -0.2) is 12.2 Å². The van der Waals surface area contributed by atoms with Gasteiger partial charge in [-0.15, -0.1) is 0 Å². The molecule has 13 heavy (non-hydrogen) atoms. The quantitative estimate of drug-likeness (QED) is 0.759. The molecule has 2 aromatic rings. The molecule has 1 N–H and O–H groups in total. The molecule has 0 aliphatic rings. The fraction of sp³-hybridized carbons (Fsp3) is 0.100. The van der Waals surface area contributed by atoms with Gasteiger partial charge in [0.1, 0.15) is 5.69 Å². The van der Waals surface area contributed by atoms with Gasteiger partial charge in [-0.3, -0.25) is 0 Å². The normalized spacial score (nSPS) is 9.92. The Balaban J connectivity index is 2.47. The van der Waals surface area contributed by atoms with Gasteiger partial charge in [-0.05, 0) is 0 Å². The van der Waals surface area contributed by atoms with E-state index in [9.17, 15) is 0 Å². The van der Waals surface area contributed by atoms with Gasteiger partial charge in [0.25, 0.3) is 0 Å².